The molecule has 0 spiro atoms. The van der Waals surface area contributed by atoms with E-state index in [1.165, 1.54) is 31.2 Å². The highest BCUT2D eigenvalue weighted by atomic mass is 19.1. The minimum Gasteiger partial charge on any atom is -0.491 e. The lowest BCUT2D eigenvalue weighted by Gasteiger charge is -2.15. The fourth-order valence-corrected chi connectivity index (χ4v) is 2.07. The molecule has 1 atom stereocenters. The molecule has 1 amide bonds. The van der Waals surface area contributed by atoms with Gasteiger partial charge in [0.1, 0.15) is 23.9 Å². The van der Waals surface area contributed by atoms with Gasteiger partial charge < -0.3 is 14.6 Å². The van der Waals surface area contributed by atoms with Gasteiger partial charge in [0, 0.05) is 18.8 Å². The highest BCUT2D eigenvalue weighted by Gasteiger charge is 2.16. The molecule has 2 rings (SSSR count). The van der Waals surface area contributed by atoms with E-state index in [9.17, 15) is 14.0 Å². The quantitative estimate of drug-likeness (QED) is 0.833. The van der Waals surface area contributed by atoms with E-state index < -0.39 is 0 Å². The first-order valence-corrected chi connectivity index (χ1v) is 7.23. The van der Waals surface area contributed by atoms with Crippen LogP contribution in [0.5, 0.6) is 5.75 Å². The lowest BCUT2D eigenvalue weighted by Crippen LogP contribution is -2.37. The fourth-order valence-electron chi connectivity index (χ4n) is 2.07. The van der Waals surface area contributed by atoms with Crippen LogP contribution in [-0.2, 0) is 7.05 Å². The Morgan fingerprint density at radius 1 is 1.30 bits per heavy atom. The van der Waals surface area contributed by atoms with Gasteiger partial charge in [-0.05, 0) is 44.2 Å². The van der Waals surface area contributed by atoms with Crippen molar-refractivity contribution < 1.29 is 18.7 Å². The lowest BCUT2D eigenvalue weighted by molar-refractivity contribution is 0.0918. The molecular weight excluding hydrogens is 299 g/mol. The number of carbonyl (C=O) groups excluding carboxylic acids is 2. The van der Waals surface area contributed by atoms with Crippen LogP contribution in [0.2, 0.25) is 0 Å². The predicted molar refractivity (Wildman–Crippen MR) is 84.2 cm³/mol. The van der Waals surface area contributed by atoms with Gasteiger partial charge in [-0.1, -0.05) is 0 Å². The Balaban J connectivity index is 1.91. The molecule has 5 nitrogen and oxygen atoms in total. The van der Waals surface area contributed by atoms with Crippen molar-refractivity contribution in [2.45, 2.75) is 19.9 Å². The number of nitrogens with one attached hydrogen (secondary N) is 1. The maximum Gasteiger partial charge on any atom is 0.268 e. The third kappa shape index (κ3) is 4.42. The van der Waals surface area contributed by atoms with Gasteiger partial charge >= 0.3 is 0 Å². The van der Waals surface area contributed by atoms with E-state index in [-0.39, 0.29) is 30.2 Å². The zero-order valence-electron chi connectivity index (χ0n) is 13.3. The van der Waals surface area contributed by atoms with Gasteiger partial charge in [0.2, 0.25) is 0 Å². The number of hydrogen-bond acceptors (Lipinski definition) is 3. The lowest BCUT2D eigenvalue weighted by atomic mass is 10.2. The summed E-state index contributed by atoms with van der Waals surface area (Å²) in [6, 6.07) is 6.99. The fraction of sp³-hybridized carbons (Fsp3) is 0.294. The molecule has 1 unspecified atom stereocenters. The Morgan fingerprint density at radius 2 is 1.96 bits per heavy atom. The summed E-state index contributed by atoms with van der Waals surface area (Å²) in [6.07, 6.45) is 1.62. The van der Waals surface area contributed by atoms with Gasteiger partial charge in [-0.3, -0.25) is 9.59 Å². The molecule has 23 heavy (non-hydrogen) atoms. The van der Waals surface area contributed by atoms with Gasteiger partial charge in [-0.15, -0.1) is 0 Å². The molecule has 1 aromatic heterocycles. The summed E-state index contributed by atoms with van der Waals surface area (Å²) >= 11 is 0. The molecule has 0 aliphatic heterocycles. The summed E-state index contributed by atoms with van der Waals surface area (Å²) < 4.78 is 19.9. The van der Waals surface area contributed by atoms with E-state index in [1.807, 2.05) is 0 Å². The Kier molecular flexibility index (Phi) is 5.16. The first-order valence-electron chi connectivity index (χ1n) is 7.23. The second kappa shape index (κ2) is 7.09. The van der Waals surface area contributed by atoms with E-state index in [4.69, 9.17) is 4.74 Å². The number of ether oxygens (including phenoxy) is 1. The summed E-state index contributed by atoms with van der Waals surface area (Å²) in [7, 11) is 1.71. The van der Waals surface area contributed by atoms with Crippen molar-refractivity contribution >= 4 is 11.7 Å². The number of hydrogen-bond donors (Lipinski definition) is 1. The minimum absolute atomic E-state index is 0.0904. The summed E-state index contributed by atoms with van der Waals surface area (Å²) in [4.78, 5) is 23.6. The maximum absolute atomic E-state index is 12.8. The number of carbonyl (C=O) groups is 2. The molecule has 1 aromatic carbocycles. The second-order valence-electron chi connectivity index (χ2n) is 5.42. The number of Topliss-reactive ketones (excluding diaryl/α,β-unsaturated/α-hetero) is 1. The van der Waals surface area contributed by atoms with Crippen molar-refractivity contribution in [3.8, 4) is 5.75 Å². The third-order valence-corrected chi connectivity index (χ3v) is 3.34. The topological polar surface area (TPSA) is 60.3 Å². The maximum atomic E-state index is 12.8. The number of rotatable bonds is 6. The first kappa shape index (κ1) is 16.7. The highest BCUT2D eigenvalue weighted by Crippen LogP contribution is 2.12. The molecule has 0 bridgehead atoms. The Morgan fingerprint density at radius 3 is 2.52 bits per heavy atom. The number of aromatic nitrogens is 1. The van der Waals surface area contributed by atoms with Crippen LogP contribution in [0.25, 0.3) is 0 Å². The van der Waals surface area contributed by atoms with Crippen molar-refractivity contribution in [2.75, 3.05) is 6.61 Å². The summed E-state index contributed by atoms with van der Waals surface area (Å²) in [5.41, 5.74) is 0.900. The van der Waals surface area contributed by atoms with Gasteiger partial charge in [0.15, 0.2) is 5.78 Å². The monoisotopic (exact) mass is 318 g/mol. The number of benzene rings is 1. The molecule has 6 heteroatoms. The largest absolute Gasteiger partial charge is 0.491 e. The Hall–Kier alpha value is -2.63. The number of nitrogens with zero attached hydrogens (tertiary/aromatic N) is 1. The average molecular weight is 318 g/mol. The summed E-state index contributed by atoms with van der Waals surface area (Å²) in [6.45, 7) is 3.51. The van der Waals surface area contributed by atoms with Crippen molar-refractivity contribution in [2.24, 2.45) is 7.05 Å². The van der Waals surface area contributed by atoms with E-state index in [2.05, 4.69) is 5.32 Å². The molecule has 0 saturated heterocycles. The number of amides is 1. The molecule has 122 valence electrons. The molecule has 0 saturated carbocycles. The molecule has 1 heterocycles. The van der Waals surface area contributed by atoms with Crippen LogP contribution in [0.4, 0.5) is 4.39 Å². The second-order valence-corrected chi connectivity index (χ2v) is 5.42. The molecule has 0 aliphatic carbocycles. The Bertz CT molecular complexity index is 707. The Labute approximate surface area is 134 Å². The van der Waals surface area contributed by atoms with Crippen molar-refractivity contribution in [3.05, 3.63) is 53.6 Å². The first-order chi connectivity index (χ1) is 10.9. The zero-order chi connectivity index (χ0) is 17.0. The van der Waals surface area contributed by atoms with Crippen LogP contribution in [0.3, 0.4) is 0 Å². The zero-order valence-corrected chi connectivity index (χ0v) is 13.3. The summed E-state index contributed by atoms with van der Waals surface area (Å²) in [5.74, 6) is -0.170. The third-order valence-electron chi connectivity index (χ3n) is 3.34. The van der Waals surface area contributed by atoms with Crippen LogP contribution in [0.1, 0.15) is 34.7 Å². The van der Waals surface area contributed by atoms with Crippen LogP contribution in [0.15, 0.2) is 36.5 Å². The number of ketones is 1. The molecule has 1 N–H and O–H groups in total. The average Bonchev–Trinajstić information content (AvgIpc) is 2.89. The van der Waals surface area contributed by atoms with Crippen LogP contribution < -0.4 is 10.1 Å². The highest BCUT2D eigenvalue weighted by molar-refractivity contribution is 5.99. The SMILES string of the molecule is CC(=O)c1cc(C(=O)NC(C)COc2ccc(F)cc2)n(C)c1. The van der Waals surface area contributed by atoms with E-state index >= 15 is 0 Å². The van der Waals surface area contributed by atoms with Crippen LogP contribution in [-0.4, -0.2) is 28.9 Å². The summed E-state index contributed by atoms with van der Waals surface area (Å²) in [5, 5.41) is 2.80. The van der Waals surface area contributed by atoms with E-state index in [0.717, 1.165) is 0 Å². The van der Waals surface area contributed by atoms with Crippen molar-refractivity contribution in [1.82, 2.24) is 9.88 Å². The normalized spacial score (nSPS) is 11.8. The molecular formula is C17H19FN2O3. The van der Waals surface area contributed by atoms with Crippen molar-refractivity contribution in [1.29, 1.82) is 0 Å². The molecule has 0 aliphatic rings. The minimum atomic E-state index is -0.330. The smallest absolute Gasteiger partial charge is 0.268 e. The van der Waals surface area contributed by atoms with E-state index in [1.54, 1.807) is 30.8 Å². The molecule has 0 radical (unpaired) electrons. The van der Waals surface area contributed by atoms with Gasteiger partial charge in [-0.2, -0.15) is 0 Å². The number of halogens is 1. The van der Waals surface area contributed by atoms with Gasteiger partial charge in [-0.25, -0.2) is 4.39 Å². The van der Waals surface area contributed by atoms with E-state index in [0.29, 0.717) is 17.0 Å². The number of aryl methyl sites for hydroxylation is 1. The molecule has 0 fully saturated rings. The molecule has 2 aromatic rings. The predicted octanol–water partition coefficient (Wildman–Crippen LogP) is 2.56. The standard InChI is InChI=1S/C17H19FN2O3/c1-11(10-23-15-6-4-14(18)5-7-15)19-17(22)16-8-13(12(2)21)9-20(16)3/h4-9,11H,10H2,1-3H3,(H,19,22). The van der Waals surface area contributed by atoms with Gasteiger partial charge in [0.25, 0.3) is 5.91 Å². The van der Waals surface area contributed by atoms with Gasteiger partial charge in [0.05, 0.1) is 6.04 Å². The van der Waals surface area contributed by atoms with Crippen molar-refractivity contribution in [3.63, 3.8) is 0 Å². The van der Waals surface area contributed by atoms with Crippen LogP contribution >= 0.6 is 0 Å². The van der Waals surface area contributed by atoms with Crippen LogP contribution in [0, 0.1) is 5.82 Å².